The molecular formula is C22H34N4OS. The lowest BCUT2D eigenvalue weighted by Crippen LogP contribution is -2.38. The molecule has 1 saturated heterocycles. The predicted octanol–water partition coefficient (Wildman–Crippen LogP) is 6.24. The second kappa shape index (κ2) is 9.50. The summed E-state index contributed by atoms with van der Waals surface area (Å²) in [5, 5.41) is 3.67. The average Bonchev–Trinajstić information content (AvgIpc) is 3.29. The number of nitrogens with one attached hydrogen (secondary N) is 1. The van der Waals surface area contributed by atoms with E-state index in [9.17, 15) is 4.79 Å². The van der Waals surface area contributed by atoms with Crippen LogP contribution in [0.2, 0.25) is 0 Å². The number of rotatable bonds is 3. The van der Waals surface area contributed by atoms with Gasteiger partial charge >= 0.3 is 6.03 Å². The number of carbonyl (C=O) groups is 1. The minimum absolute atomic E-state index is 0.00341. The molecule has 2 aromatic rings. The number of urea groups is 1. The summed E-state index contributed by atoms with van der Waals surface area (Å²) in [6.45, 7) is 15.4. The maximum absolute atomic E-state index is 12.6. The maximum atomic E-state index is 12.6. The molecule has 1 N–H and O–H groups in total. The van der Waals surface area contributed by atoms with E-state index in [1.54, 1.807) is 0 Å². The summed E-state index contributed by atoms with van der Waals surface area (Å²) in [6.07, 6.45) is 5.03. The van der Waals surface area contributed by atoms with Crippen LogP contribution in [0.4, 0.5) is 9.93 Å². The first-order valence-corrected chi connectivity index (χ1v) is 11.1. The van der Waals surface area contributed by atoms with Gasteiger partial charge in [0.1, 0.15) is 0 Å². The van der Waals surface area contributed by atoms with Crippen LogP contribution in [0.3, 0.4) is 0 Å². The summed E-state index contributed by atoms with van der Waals surface area (Å²) in [5.41, 5.74) is 3.09. The Kier molecular flexibility index (Phi) is 7.58. The van der Waals surface area contributed by atoms with Crippen LogP contribution in [0.25, 0.3) is 10.4 Å². The number of aromatic nitrogens is 2. The SMILES string of the molecule is CC.CC[C@@H]1CCCN1C(=O)Nc1nc(C)c(-c2ccnc(C(C)(C)C)c2)s1. The first kappa shape index (κ1) is 22.3. The molecule has 154 valence electrons. The van der Waals surface area contributed by atoms with Crippen molar-refractivity contribution in [3.05, 3.63) is 29.7 Å². The Morgan fingerprint density at radius 3 is 2.71 bits per heavy atom. The standard InChI is InChI=1S/C20H28N4OS.C2H6/c1-6-15-8-7-11-24(15)19(25)23-18-22-13(2)17(26-18)14-9-10-21-16(12-14)20(3,4)5;1-2/h9-10,12,15H,6-8,11H2,1-5H3,(H,22,23,25);1-2H3/t15-;/m1./s1. The van der Waals surface area contributed by atoms with Gasteiger partial charge in [-0.3, -0.25) is 10.3 Å². The fourth-order valence-corrected chi connectivity index (χ4v) is 4.34. The van der Waals surface area contributed by atoms with E-state index in [0.29, 0.717) is 11.2 Å². The summed E-state index contributed by atoms with van der Waals surface area (Å²) >= 11 is 1.53. The van der Waals surface area contributed by atoms with Gasteiger partial charge in [-0.1, -0.05) is 52.9 Å². The highest BCUT2D eigenvalue weighted by molar-refractivity contribution is 7.19. The van der Waals surface area contributed by atoms with Crippen LogP contribution in [0.15, 0.2) is 18.3 Å². The number of pyridine rings is 1. The van der Waals surface area contributed by atoms with Gasteiger partial charge in [0, 0.05) is 29.9 Å². The van der Waals surface area contributed by atoms with Gasteiger partial charge in [0.2, 0.25) is 0 Å². The number of aryl methyl sites for hydroxylation is 1. The molecule has 28 heavy (non-hydrogen) atoms. The minimum Gasteiger partial charge on any atom is -0.322 e. The van der Waals surface area contributed by atoms with Crippen molar-refractivity contribution in [2.24, 2.45) is 0 Å². The van der Waals surface area contributed by atoms with Gasteiger partial charge in [-0.15, -0.1) is 0 Å². The fraction of sp³-hybridized carbons (Fsp3) is 0.591. The Morgan fingerprint density at radius 1 is 1.36 bits per heavy atom. The maximum Gasteiger partial charge on any atom is 0.323 e. The van der Waals surface area contributed by atoms with Crippen molar-refractivity contribution in [2.45, 2.75) is 79.2 Å². The van der Waals surface area contributed by atoms with E-state index in [0.717, 1.165) is 47.6 Å². The van der Waals surface area contributed by atoms with Gasteiger partial charge < -0.3 is 4.90 Å². The van der Waals surface area contributed by atoms with E-state index in [1.807, 2.05) is 37.9 Å². The number of thiazole rings is 1. The van der Waals surface area contributed by atoms with Crippen LogP contribution in [-0.4, -0.2) is 33.5 Å². The summed E-state index contributed by atoms with van der Waals surface area (Å²) in [4.78, 5) is 24.7. The van der Waals surface area contributed by atoms with Crippen LogP contribution in [0, 0.1) is 6.92 Å². The molecule has 0 saturated carbocycles. The molecule has 6 heteroatoms. The topological polar surface area (TPSA) is 58.1 Å². The van der Waals surface area contributed by atoms with Crippen LogP contribution < -0.4 is 5.32 Å². The summed E-state index contributed by atoms with van der Waals surface area (Å²) in [6, 6.07) is 4.46. The van der Waals surface area contributed by atoms with E-state index >= 15 is 0 Å². The Bertz CT molecular complexity index is 794. The number of likely N-dealkylation sites (tertiary alicyclic amines) is 1. The van der Waals surface area contributed by atoms with Crippen LogP contribution in [0.1, 0.15) is 72.2 Å². The molecule has 1 aliphatic rings. The van der Waals surface area contributed by atoms with Crippen molar-refractivity contribution in [2.75, 3.05) is 11.9 Å². The second-order valence-corrected chi connectivity index (χ2v) is 8.94. The normalized spacial score (nSPS) is 16.5. The molecule has 0 aromatic carbocycles. The summed E-state index contributed by atoms with van der Waals surface area (Å²) in [5.74, 6) is 0. The van der Waals surface area contributed by atoms with Gasteiger partial charge in [-0.25, -0.2) is 9.78 Å². The highest BCUT2D eigenvalue weighted by Gasteiger charge is 2.28. The molecule has 5 nitrogen and oxygen atoms in total. The van der Waals surface area contributed by atoms with Crippen molar-refractivity contribution in [1.29, 1.82) is 0 Å². The van der Waals surface area contributed by atoms with Crippen molar-refractivity contribution in [3.63, 3.8) is 0 Å². The molecule has 0 unspecified atom stereocenters. The van der Waals surface area contributed by atoms with E-state index < -0.39 is 0 Å². The lowest BCUT2D eigenvalue weighted by Gasteiger charge is -2.23. The molecule has 0 radical (unpaired) electrons. The van der Waals surface area contributed by atoms with Crippen molar-refractivity contribution < 1.29 is 4.79 Å². The van der Waals surface area contributed by atoms with E-state index in [2.05, 4.69) is 49.0 Å². The Labute approximate surface area is 173 Å². The zero-order valence-corrected chi connectivity index (χ0v) is 19.1. The summed E-state index contributed by atoms with van der Waals surface area (Å²) < 4.78 is 0. The lowest BCUT2D eigenvalue weighted by molar-refractivity contribution is 0.205. The molecule has 1 fully saturated rings. The molecule has 2 aromatic heterocycles. The van der Waals surface area contributed by atoms with Gasteiger partial charge in [0.25, 0.3) is 0 Å². The number of hydrogen-bond donors (Lipinski definition) is 1. The third kappa shape index (κ3) is 5.10. The number of hydrogen-bond acceptors (Lipinski definition) is 4. The highest BCUT2D eigenvalue weighted by Crippen LogP contribution is 2.34. The van der Waals surface area contributed by atoms with E-state index in [4.69, 9.17) is 0 Å². The van der Waals surface area contributed by atoms with Gasteiger partial charge in [0.15, 0.2) is 5.13 Å². The van der Waals surface area contributed by atoms with Crippen molar-refractivity contribution in [3.8, 4) is 10.4 Å². The zero-order valence-electron chi connectivity index (χ0n) is 18.3. The smallest absolute Gasteiger partial charge is 0.322 e. The van der Waals surface area contributed by atoms with Gasteiger partial charge in [0.05, 0.1) is 10.6 Å². The Morgan fingerprint density at radius 2 is 2.07 bits per heavy atom. The first-order chi connectivity index (χ1) is 13.3. The number of amides is 2. The van der Waals surface area contributed by atoms with Gasteiger partial charge in [-0.2, -0.15) is 0 Å². The largest absolute Gasteiger partial charge is 0.323 e. The first-order valence-electron chi connectivity index (χ1n) is 10.3. The monoisotopic (exact) mass is 402 g/mol. The van der Waals surface area contributed by atoms with Crippen LogP contribution in [0.5, 0.6) is 0 Å². The number of nitrogens with zero attached hydrogens (tertiary/aromatic N) is 3. The highest BCUT2D eigenvalue weighted by atomic mass is 32.1. The molecule has 2 amide bonds. The van der Waals surface area contributed by atoms with E-state index in [1.165, 1.54) is 11.3 Å². The molecule has 1 aliphatic heterocycles. The third-order valence-corrected chi connectivity index (χ3v) is 6.03. The van der Waals surface area contributed by atoms with Crippen molar-refractivity contribution >= 4 is 22.5 Å². The lowest BCUT2D eigenvalue weighted by atomic mass is 9.90. The predicted molar refractivity (Wildman–Crippen MR) is 119 cm³/mol. The molecule has 0 spiro atoms. The molecule has 0 bridgehead atoms. The molecule has 3 rings (SSSR count). The van der Waals surface area contributed by atoms with Crippen molar-refractivity contribution in [1.82, 2.24) is 14.9 Å². The average molecular weight is 403 g/mol. The Hall–Kier alpha value is -1.95. The molecule has 0 aliphatic carbocycles. The summed E-state index contributed by atoms with van der Waals surface area (Å²) in [7, 11) is 0. The number of carbonyl (C=O) groups excluding carboxylic acids is 1. The van der Waals surface area contributed by atoms with Crippen LogP contribution in [-0.2, 0) is 5.41 Å². The third-order valence-electron chi connectivity index (χ3n) is 4.91. The zero-order chi connectivity index (χ0) is 20.9. The van der Waals surface area contributed by atoms with Crippen LogP contribution >= 0.6 is 11.3 Å². The molecular weight excluding hydrogens is 368 g/mol. The Balaban J connectivity index is 0.00000136. The molecule has 1 atom stereocenters. The van der Waals surface area contributed by atoms with Gasteiger partial charge in [-0.05, 0) is 43.9 Å². The fourth-order valence-electron chi connectivity index (χ4n) is 3.39. The molecule has 3 heterocycles. The minimum atomic E-state index is -0.0280. The second-order valence-electron chi connectivity index (χ2n) is 7.94. The van der Waals surface area contributed by atoms with E-state index in [-0.39, 0.29) is 11.4 Å². The quantitative estimate of drug-likeness (QED) is 0.661. The number of anilines is 1.